The molecular weight excluding hydrogens is 482 g/mol. The largest absolute Gasteiger partial charge is 0.507 e. The maximum Gasteiger partial charge on any atom is 0.408 e. The van der Waals surface area contributed by atoms with Gasteiger partial charge in [0.05, 0.1) is 0 Å². The molecule has 202 valence electrons. The summed E-state index contributed by atoms with van der Waals surface area (Å²) in [6.45, 7) is 10.3. The van der Waals surface area contributed by atoms with Gasteiger partial charge in [0, 0.05) is 17.3 Å². The van der Waals surface area contributed by atoms with Crippen molar-refractivity contribution < 1.29 is 24.2 Å². The molecule has 0 radical (unpaired) electrons. The third kappa shape index (κ3) is 7.03. The molecule has 0 aromatic heterocycles. The number of aryl methyl sites for hydroxylation is 1. The van der Waals surface area contributed by atoms with Gasteiger partial charge in [-0.1, -0.05) is 55.5 Å². The predicted molar refractivity (Wildman–Crippen MR) is 149 cm³/mol. The molecule has 2 atom stereocenters. The summed E-state index contributed by atoms with van der Waals surface area (Å²) in [5.41, 5.74) is 0.719. The van der Waals surface area contributed by atoms with Gasteiger partial charge in [0.25, 0.3) is 5.91 Å². The number of hydrogen-bond acceptors (Lipinski definition) is 5. The molecule has 8 nitrogen and oxygen atoms in total. The number of alkyl carbamates (subject to hydrolysis) is 1. The minimum Gasteiger partial charge on any atom is -0.507 e. The third-order valence-electron chi connectivity index (χ3n) is 6.24. The van der Waals surface area contributed by atoms with Crippen molar-refractivity contribution in [3.8, 4) is 5.75 Å². The Labute approximate surface area is 224 Å². The van der Waals surface area contributed by atoms with Crippen LogP contribution in [-0.4, -0.2) is 46.1 Å². The summed E-state index contributed by atoms with van der Waals surface area (Å²) < 4.78 is 5.26. The fourth-order valence-electron chi connectivity index (χ4n) is 4.19. The highest BCUT2D eigenvalue weighted by atomic mass is 16.6. The number of nitrogens with one attached hydrogen (secondary N) is 2. The number of nitrogens with zero attached hydrogens (tertiary/aromatic N) is 1. The number of fused-ring (bicyclic) bond motifs is 1. The minimum absolute atomic E-state index is 0.0626. The highest BCUT2D eigenvalue weighted by Crippen LogP contribution is 2.34. The molecule has 0 heterocycles. The Balaban J connectivity index is 1.98. The molecule has 0 aliphatic carbocycles. The van der Waals surface area contributed by atoms with Crippen LogP contribution in [0.2, 0.25) is 0 Å². The van der Waals surface area contributed by atoms with Gasteiger partial charge in [-0.25, -0.2) is 4.79 Å². The second-order valence-electron chi connectivity index (χ2n) is 10.4. The number of carbonyl (C=O) groups is 3. The van der Waals surface area contributed by atoms with Crippen LogP contribution >= 0.6 is 0 Å². The number of phenolic OH excluding ortho intramolecular Hbond substituents is 1. The zero-order valence-corrected chi connectivity index (χ0v) is 22.9. The molecular formula is C30H37N3O5. The molecule has 38 heavy (non-hydrogen) atoms. The highest BCUT2D eigenvalue weighted by Gasteiger charge is 2.36. The first-order valence-corrected chi connectivity index (χ1v) is 12.8. The maximum atomic E-state index is 13.9. The SMILES string of the molecule is CCC(C)N(C(=O)CNC(=O)OC(C)(C)C)C(C(=O)Nc1ccc2ccccc2c1)c1cccc(C)c1O. The van der Waals surface area contributed by atoms with Gasteiger partial charge < -0.3 is 25.4 Å². The quantitative estimate of drug-likeness (QED) is 0.355. The number of ether oxygens (including phenoxy) is 1. The molecule has 0 saturated carbocycles. The Morgan fingerprint density at radius 1 is 1.00 bits per heavy atom. The molecule has 0 saturated heterocycles. The van der Waals surface area contributed by atoms with E-state index in [0.29, 0.717) is 23.2 Å². The van der Waals surface area contributed by atoms with Crippen LogP contribution in [0.15, 0.2) is 60.7 Å². The molecule has 0 fully saturated rings. The average Bonchev–Trinajstić information content (AvgIpc) is 2.86. The van der Waals surface area contributed by atoms with Crippen LogP contribution in [0.25, 0.3) is 10.8 Å². The number of carbonyl (C=O) groups excluding carboxylic acids is 3. The number of aromatic hydroxyl groups is 1. The normalized spacial score (nSPS) is 12.9. The van der Waals surface area contributed by atoms with Crippen molar-refractivity contribution in [2.75, 3.05) is 11.9 Å². The lowest BCUT2D eigenvalue weighted by atomic mass is 9.98. The van der Waals surface area contributed by atoms with Gasteiger partial charge in [-0.3, -0.25) is 9.59 Å². The summed E-state index contributed by atoms with van der Waals surface area (Å²) in [6, 6.07) is 16.9. The van der Waals surface area contributed by atoms with E-state index in [0.717, 1.165) is 10.8 Å². The molecule has 3 aromatic carbocycles. The summed E-state index contributed by atoms with van der Waals surface area (Å²) in [5.74, 6) is -1.02. The first-order chi connectivity index (χ1) is 17.9. The number of rotatable bonds is 8. The van der Waals surface area contributed by atoms with Gasteiger partial charge in [-0.2, -0.15) is 0 Å². The molecule has 3 aromatic rings. The molecule has 8 heteroatoms. The molecule has 3 N–H and O–H groups in total. The third-order valence-corrected chi connectivity index (χ3v) is 6.24. The second-order valence-corrected chi connectivity index (χ2v) is 10.4. The average molecular weight is 520 g/mol. The number of phenols is 1. The first kappa shape index (κ1) is 28.5. The lowest BCUT2D eigenvalue weighted by Gasteiger charge is -2.36. The van der Waals surface area contributed by atoms with Crippen molar-refractivity contribution >= 4 is 34.4 Å². The van der Waals surface area contributed by atoms with Crippen molar-refractivity contribution in [3.05, 3.63) is 71.8 Å². The van der Waals surface area contributed by atoms with E-state index in [1.807, 2.05) is 50.2 Å². The highest BCUT2D eigenvalue weighted by molar-refractivity contribution is 6.00. The Bertz CT molecular complexity index is 1310. The Kier molecular flexibility index (Phi) is 8.99. The van der Waals surface area contributed by atoms with Crippen LogP contribution in [0.5, 0.6) is 5.75 Å². The Hall–Kier alpha value is -4.07. The lowest BCUT2D eigenvalue weighted by Crippen LogP contribution is -2.50. The van der Waals surface area contributed by atoms with Gasteiger partial charge in [-0.15, -0.1) is 0 Å². The van der Waals surface area contributed by atoms with E-state index in [2.05, 4.69) is 10.6 Å². The number of amides is 3. The molecule has 0 aliphatic rings. The topological polar surface area (TPSA) is 108 Å². The summed E-state index contributed by atoms with van der Waals surface area (Å²) in [4.78, 5) is 41.1. The fourth-order valence-corrected chi connectivity index (χ4v) is 4.19. The molecule has 0 bridgehead atoms. The number of anilines is 1. The molecule has 2 unspecified atom stereocenters. The zero-order valence-electron chi connectivity index (χ0n) is 22.9. The van der Waals surface area contributed by atoms with E-state index in [9.17, 15) is 19.5 Å². The van der Waals surface area contributed by atoms with Crippen molar-refractivity contribution in [1.29, 1.82) is 0 Å². The summed E-state index contributed by atoms with van der Waals surface area (Å²) in [5, 5.41) is 18.4. The fraction of sp³-hybridized carbons (Fsp3) is 0.367. The molecule has 0 spiro atoms. The van der Waals surface area contributed by atoms with Gasteiger partial charge in [0.2, 0.25) is 5.91 Å². The number of para-hydroxylation sites is 1. The summed E-state index contributed by atoms with van der Waals surface area (Å²) >= 11 is 0. The van der Waals surface area contributed by atoms with E-state index >= 15 is 0 Å². The Morgan fingerprint density at radius 2 is 1.68 bits per heavy atom. The van der Waals surface area contributed by atoms with Crippen molar-refractivity contribution in [3.63, 3.8) is 0 Å². The van der Waals surface area contributed by atoms with Crippen molar-refractivity contribution in [2.45, 2.75) is 65.6 Å². The zero-order chi connectivity index (χ0) is 28.0. The van der Waals surface area contributed by atoms with Crippen molar-refractivity contribution in [1.82, 2.24) is 10.2 Å². The number of benzene rings is 3. The second kappa shape index (κ2) is 12.0. The van der Waals surface area contributed by atoms with E-state index < -0.39 is 29.6 Å². The van der Waals surface area contributed by atoms with E-state index in [4.69, 9.17) is 4.74 Å². The van der Waals surface area contributed by atoms with Crippen LogP contribution in [0.3, 0.4) is 0 Å². The Morgan fingerprint density at radius 3 is 2.34 bits per heavy atom. The van der Waals surface area contributed by atoms with Crippen LogP contribution in [-0.2, 0) is 14.3 Å². The van der Waals surface area contributed by atoms with Crippen LogP contribution in [0.1, 0.15) is 58.2 Å². The van der Waals surface area contributed by atoms with Gasteiger partial charge in [-0.05, 0) is 69.5 Å². The van der Waals surface area contributed by atoms with Gasteiger partial charge >= 0.3 is 6.09 Å². The smallest absolute Gasteiger partial charge is 0.408 e. The monoisotopic (exact) mass is 519 g/mol. The summed E-state index contributed by atoms with van der Waals surface area (Å²) in [7, 11) is 0. The van der Waals surface area contributed by atoms with Crippen LogP contribution in [0, 0.1) is 6.92 Å². The van der Waals surface area contributed by atoms with Gasteiger partial charge in [0.1, 0.15) is 23.9 Å². The predicted octanol–water partition coefficient (Wildman–Crippen LogP) is 5.69. The summed E-state index contributed by atoms with van der Waals surface area (Å²) in [6.07, 6.45) is -0.185. The van der Waals surface area contributed by atoms with E-state index in [1.54, 1.807) is 52.0 Å². The maximum absolute atomic E-state index is 13.9. The standard InChI is InChI=1S/C30H37N3O5/c1-7-20(3)33(25(34)18-31-29(37)38-30(4,5)6)26(24-14-10-11-19(2)27(24)35)28(36)32-23-16-15-21-12-8-9-13-22(21)17-23/h8-17,20,26,35H,7,18H2,1-6H3,(H,31,37)(H,32,36). The molecule has 3 amide bonds. The lowest BCUT2D eigenvalue weighted by molar-refractivity contribution is -0.140. The van der Waals surface area contributed by atoms with E-state index in [-0.39, 0.29) is 18.3 Å². The van der Waals surface area contributed by atoms with E-state index in [1.165, 1.54) is 4.90 Å². The first-order valence-electron chi connectivity index (χ1n) is 12.8. The van der Waals surface area contributed by atoms with Gasteiger partial charge in [0.15, 0.2) is 0 Å². The van der Waals surface area contributed by atoms with Crippen LogP contribution in [0.4, 0.5) is 10.5 Å². The minimum atomic E-state index is -1.15. The molecule has 3 rings (SSSR count). The number of hydrogen-bond donors (Lipinski definition) is 3. The molecule has 0 aliphatic heterocycles. The van der Waals surface area contributed by atoms with Crippen molar-refractivity contribution in [2.24, 2.45) is 0 Å². The van der Waals surface area contributed by atoms with Crippen LogP contribution < -0.4 is 10.6 Å².